The molecular formula is C24H32N4O2. The molecule has 0 aliphatic carbocycles. The maximum Gasteiger partial charge on any atom is 0.256 e. The summed E-state index contributed by atoms with van der Waals surface area (Å²) in [5, 5.41) is 2.95. The van der Waals surface area contributed by atoms with Crippen LogP contribution in [0.3, 0.4) is 0 Å². The number of nitrogens with one attached hydrogen (secondary N) is 2. The molecule has 2 aliphatic rings. The van der Waals surface area contributed by atoms with Gasteiger partial charge in [0.25, 0.3) is 11.8 Å². The first-order valence-electron chi connectivity index (χ1n) is 10.4. The van der Waals surface area contributed by atoms with Crippen molar-refractivity contribution >= 4 is 17.9 Å². The van der Waals surface area contributed by atoms with E-state index in [1.54, 1.807) is 0 Å². The number of amides is 2. The van der Waals surface area contributed by atoms with E-state index >= 15 is 0 Å². The topological polar surface area (TPSA) is 68.4 Å². The molecule has 0 saturated carbocycles. The van der Waals surface area contributed by atoms with Crippen molar-refractivity contribution in [2.45, 2.75) is 34.6 Å². The number of H-pyrrole nitrogens is 1. The summed E-state index contributed by atoms with van der Waals surface area (Å²) in [5.41, 5.74) is 6.62. The van der Waals surface area contributed by atoms with Crippen LogP contribution in [0.15, 0.2) is 40.6 Å². The van der Waals surface area contributed by atoms with E-state index in [-0.39, 0.29) is 11.8 Å². The molecule has 2 aliphatic heterocycles. The van der Waals surface area contributed by atoms with Crippen LogP contribution in [-0.4, -0.2) is 59.8 Å². The normalized spacial score (nSPS) is 19.2. The van der Waals surface area contributed by atoms with Gasteiger partial charge in [0.15, 0.2) is 0 Å². The Morgan fingerprint density at radius 3 is 2.37 bits per heavy atom. The molecule has 160 valence electrons. The van der Waals surface area contributed by atoms with Crippen molar-refractivity contribution in [3.63, 3.8) is 0 Å². The highest BCUT2D eigenvalue weighted by Gasteiger charge is 2.28. The molecule has 3 rings (SSSR count). The lowest BCUT2D eigenvalue weighted by atomic mass is 10.0. The van der Waals surface area contributed by atoms with E-state index in [9.17, 15) is 9.59 Å². The van der Waals surface area contributed by atoms with Gasteiger partial charge in [0.05, 0.1) is 11.1 Å². The number of hydrogen-bond acceptors (Lipinski definition) is 3. The largest absolute Gasteiger partial charge is 0.358 e. The molecule has 6 nitrogen and oxygen atoms in total. The van der Waals surface area contributed by atoms with Gasteiger partial charge in [-0.05, 0) is 59.4 Å². The van der Waals surface area contributed by atoms with Crippen molar-refractivity contribution in [2.24, 2.45) is 0 Å². The van der Waals surface area contributed by atoms with E-state index in [0.717, 1.165) is 60.0 Å². The molecular weight excluding hydrogens is 376 g/mol. The highest BCUT2D eigenvalue weighted by Crippen LogP contribution is 2.29. The molecule has 0 bridgehead atoms. The highest BCUT2D eigenvalue weighted by molar-refractivity contribution is 6.08. The van der Waals surface area contributed by atoms with Gasteiger partial charge in [-0.15, -0.1) is 0 Å². The zero-order chi connectivity index (χ0) is 22.0. The number of likely N-dealkylation sites (N-methyl/N-ethyl adjacent to an activating group) is 1. The van der Waals surface area contributed by atoms with Crippen LogP contribution < -0.4 is 5.32 Å². The van der Waals surface area contributed by atoms with Crippen LogP contribution >= 0.6 is 0 Å². The van der Waals surface area contributed by atoms with Gasteiger partial charge in [-0.1, -0.05) is 17.7 Å². The van der Waals surface area contributed by atoms with E-state index < -0.39 is 0 Å². The summed E-state index contributed by atoms with van der Waals surface area (Å²) in [7, 11) is 2.07. The van der Waals surface area contributed by atoms with Gasteiger partial charge in [-0.2, -0.15) is 0 Å². The molecule has 0 atom stereocenters. The first kappa shape index (κ1) is 21.8. The van der Waals surface area contributed by atoms with E-state index in [1.807, 2.05) is 63.8 Å². The van der Waals surface area contributed by atoms with Crippen LogP contribution in [0.1, 0.15) is 48.1 Å². The van der Waals surface area contributed by atoms with E-state index in [4.69, 9.17) is 0 Å². The SMILES string of the molecule is C/C=C\C1=C(C=C(C)C)C(=C/c2[nH]c(C)c(C(=O)N3CCN(C)CC3)c2C)/C(=O)N1. The van der Waals surface area contributed by atoms with Gasteiger partial charge >= 0.3 is 0 Å². The molecule has 3 heterocycles. The summed E-state index contributed by atoms with van der Waals surface area (Å²) in [6.07, 6.45) is 7.70. The van der Waals surface area contributed by atoms with Crippen LogP contribution in [0.25, 0.3) is 6.08 Å². The number of piperazine rings is 1. The minimum Gasteiger partial charge on any atom is -0.358 e. The molecule has 1 saturated heterocycles. The molecule has 0 unspecified atom stereocenters. The van der Waals surface area contributed by atoms with Crippen molar-refractivity contribution < 1.29 is 9.59 Å². The Balaban J connectivity index is 2.00. The third-order valence-electron chi connectivity index (χ3n) is 5.61. The Labute approximate surface area is 179 Å². The molecule has 0 radical (unpaired) electrons. The standard InChI is InChI=1S/C24H32N4O2/c1-7-8-20-18(13-15(2)3)19(23(29)26-20)14-21-16(4)22(17(5)25-21)24(30)28-11-9-27(6)10-12-28/h7-8,13-14,25H,9-12H2,1-6H3,(H,26,29)/b8-7-,19-14-. The lowest BCUT2D eigenvalue weighted by Gasteiger charge is -2.32. The number of aromatic nitrogens is 1. The number of carbonyl (C=O) groups is 2. The Morgan fingerprint density at radius 1 is 1.10 bits per heavy atom. The zero-order valence-electron chi connectivity index (χ0n) is 18.8. The smallest absolute Gasteiger partial charge is 0.256 e. The Morgan fingerprint density at radius 2 is 1.77 bits per heavy atom. The minimum absolute atomic E-state index is 0.0598. The van der Waals surface area contributed by atoms with Crippen LogP contribution in [0.5, 0.6) is 0 Å². The highest BCUT2D eigenvalue weighted by atomic mass is 16.2. The second-order valence-electron chi connectivity index (χ2n) is 8.32. The second-order valence-corrected chi connectivity index (χ2v) is 8.32. The predicted octanol–water partition coefficient (Wildman–Crippen LogP) is 3.33. The Kier molecular flexibility index (Phi) is 6.46. The van der Waals surface area contributed by atoms with E-state index in [2.05, 4.69) is 22.2 Å². The third kappa shape index (κ3) is 4.33. The quantitative estimate of drug-likeness (QED) is 0.751. The van der Waals surface area contributed by atoms with Gasteiger partial charge in [0.1, 0.15) is 0 Å². The Bertz CT molecular complexity index is 979. The van der Waals surface area contributed by atoms with Gasteiger partial charge in [-0.25, -0.2) is 0 Å². The summed E-state index contributed by atoms with van der Waals surface area (Å²) in [4.78, 5) is 33.3. The molecule has 6 heteroatoms. The fourth-order valence-corrected chi connectivity index (χ4v) is 3.96. The van der Waals surface area contributed by atoms with Crippen molar-refractivity contribution in [2.75, 3.05) is 33.2 Å². The first-order chi connectivity index (χ1) is 14.2. The predicted molar refractivity (Wildman–Crippen MR) is 121 cm³/mol. The second kappa shape index (κ2) is 8.88. The van der Waals surface area contributed by atoms with Gasteiger partial charge in [0.2, 0.25) is 0 Å². The molecule has 2 N–H and O–H groups in total. The van der Waals surface area contributed by atoms with Crippen molar-refractivity contribution in [1.29, 1.82) is 0 Å². The lowest BCUT2D eigenvalue weighted by molar-refractivity contribution is -0.115. The number of rotatable bonds is 4. The summed E-state index contributed by atoms with van der Waals surface area (Å²) in [6.45, 7) is 13.1. The van der Waals surface area contributed by atoms with E-state index in [1.165, 1.54) is 0 Å². The number of hydrogen-bond donors (Lipinski definition) is 2. The summed E-state index contributed by atoms with van der Waals surface area (Å²) >= 11 is 0. The van der Waals surface area contributed by atoms with Crippen LogP contribution in [0, 0.1) is 13.8 Å². The molecule has 30 heavy (non-hydrogen) atoms. The molecule has 1 fully saturated rings. The number of aromatic amines is 1. The fourth-order valence-electron chi connectivity index (χ4n) is 3.96. The van der Waals surface area contributed by atoms with Crippen molar-refractivity contribution in [3.05, 3.63) is 63.2 Å². The number of nitrogens with zero attached hydrogens (tertiary/aromatic N) is 2. The molecule has 1 aromatic heterocycles. The monoisotopic (exact) mass is 408 g/mol. The summed E-state index contributed by atoms with van der Waals surface area (Å²) in [6, 6.07) is 0. The van der Waals surface area contributed by atoms with E-state index in [0.29, 0.717) is 11.1 Å². The van der Waals surface area contributed by atoms with Crippen molar-refractivity contribution in [3.8, 4) is 0 Å². The number of aryl methyl sites for hydroxylation is 1. The third-order valence-corrected chi connectivity index (χ3v) is 5.61. The molecule has 2 amide bonds. The Hall–Kier alpha value is -2.86. The lowest BCUT2D eigenvalue weighted by Crippen LogP contribution is -2.47. The van der Waals surface area contributed by atoms with Gasteiger partial charge in [0, 0.05) is 48.8 Å². The number of allylic oxidation sites excluding steroid dienone is 4. The maximum atomic E-state index is 13.2. The van der Waals surface area contributed by atoms with Crippen LogP contribution in [-0.2, 0) is 4.79 Å². The zero-order valence-corrected chi connectivity index (χ0v) is 18.8. The summed E-state index contributed by atoms with van der Waals surface area (Å²) in [5.74, 6) is -0.0706. The van der Waals surface area contributed by atoms with Crippen LogP contribution in [0.4, 0.5) is 0 Å². The van der Waals surface area contributed by atoms with Gasteiger partial charge < -0.3 is 20.1 Å². The minimum atomic E-state index is -0.130. The number of carbonyl (C=O) groups excluding carboxylic acids is 2. The maximum absolute atomic E-state index is 13.2. The first-order valence-corrected chi connectivity index (χ1v) is 10.4. The van der Waals surface area contributed by atoms with Gasteiger partial charge in [-0.3, -0.25) is 9.59 Å². The molecule has 0 aromatic carbocycles. The average Bonchev–Trinajstić information content (AvgIpc) is 3.12. The average molecular weight is 409 g/mol. The molecule has 1 aromatic rings. The molecule has 0 spiro atoms. The van der Waals surface area contributed by atoms with Crippen LogP contribution in [0.2, 0.25) is 0 Å². The van der Waals surface area contributed by atoms with Crippen molar-refractivity contribution in [1.82, 2.24) is 20.1 Å². The fraction of sp³-hybridized carbons (Fsp3) is 0.417. The summed E-state index contributed by atoms with van der Waals surface area (Å²) < 4.78 is 0.